The largest absolute Gasteiger partial charge is 0.338 e. The summed E-state index contributed by atoms with van der Waals surface area (Å²) in [5.41, 5.74) is 0. The molecule has 114 valence electrons. The van der Waals surface area contributed by atoms with E-state index in [-0.39, 0.29) is 18.3 Å². The van der Waals surface area contributed by atoms with Crippen molar-refractivity contribution in [1.82, 2.24) is 10.2 Å². The van der Waals surface area contributed by atoms with Gasteiger partial charge in [0.25, 0.3) is 0 Å². The number of hydrogen-bond acceptors (Lipinski definition) is 3. The van der Waals surface area contributed by atoms with Gasteiger partial charge >= 0.3 is 0 Å². The van der Waals surface area contributed by atoms with Gasteiger partial charge in [0, 0.05) is 17.8 Å². The molecule has 0 aromatic carbocycles. The van der Waals surface area contributed by atoms with Crippen LogP contribution in [0.2, 0.25) is 4.34 Å². The topological polar surface area (TPSA) is 32.3 Å². The predicted molar refractivity (Wildman–Crippen MR) is 87.9 cm³/mol. The molecular weight excluding hydrogens is 315 g/mol. The van der Waals surface area contributed by atoms with Crippen molar-refractivity contribution in [2.45, 2.75) is 32.7 Å². The smallest absolute Gasteiger partial charge is 0.223 e. The van der Waals surface area contributed by atoms with Gasteiger partial charge in [0.1, 0.15) is 0 Å². The van der Waals surface area contributed by atoms with Crippen LogP contribution in [0.3, 0.4) is 0 Å². The van der Waals surface area contributed by atoms with E-state index in [1.165, 1.54) is 0 Å². The number of hydrogen-bond donors (Lipinski definition) is 1. The van der Waals surface area contributed by atoms with Gasteiger partial charge in [-0.3, -0.25) is 4.79 Å². The van der Waals surface area contributed by atoms with Crippen LogP contribution in [-0.2, 0) is 11.3 Å². The molecule has 20 heavy (non-hydrogen) atoms. The van der Waals surface area contributed by atoms with Crippen LogP contribution in [-0.4, -0.2) is 30.4 Å². The lowest BCUT2D eigenvalue weighted by molar-refractivity contribution is -0.132. The first-order chi connectivity index (χ1) is 9.19. The molecule has 1 aromatic rings. The first kappa shape index (κ1) is 17.8. The fraction of sp³-hybridized carbons (Fsp3) is 0.643. The summed E-state index contributed by atoms with van der Waals surface area (Å²) in [6.07, 6.45) is 2.93. The highest BCUT2D eigenvalue weighted by Crippen LogP contribution is 2.24. The first-order valence-corrected chi connectivity index (χ1v) is 8.11. The summed E-state index contributed by atoms with van der Waals surface area (Å²) >= 11 is 7.49. The number of piperidine rings is 1. The number of halogens is 2. The van der Waals surface area contributed by atoms with Crippen molar-refractivity contribution in [2.24, 2.45) is 5.92 Å². The van der Waals surface area contributed by atoms with Crippen molar-refractivity contribution in [3.05, 3.63) is 21.3 Å². The number of nitrogens with zero attached hydrogens (tertiary/aromatic N) is 1. The molecule has 1 aromatic heterocycles. The van der Waals surface area contributed by atoms with Crippen LogP contribution in [0.4, 0.5) is 0 Å². The molecule has 1 amide bonds. The molecule has 0 spiro atoms. The highest BCUT2D eigenvalue weighted by Gasteiger charge is 2.20. The number of carbonyl (C=O) groups excluding carboxylic acids is 1. The molecule has 1 N–H and O–H groups in total. The highest BCUT2D eigenvalue weighted by molar-refractivity contribution is 7.16. The Morgan fingerprint density at radius 2 is 2.15 bits per heavy atom. The van der Waals surface area contributed by atoms with Gasteiger partial charge in [-0.2, -0.15) is 0 Å². The molecule has 0 aliphatic carbocycles. The van der Waals surface area contributed by atoms with Gasteiger partial charge in [-0.1, -0.05) is 11.6 Å². The van der Waals surface area contributed by atoms with Crippen LogP contribution in [0.15, 0.2) is 12.1 Å². The van der Waals surface area contributed by atoms with Gasteiger partial charge in [0.2, 0.25) is 5.91 Å². The van der Waals surface area contributed by atoms with Gasteiger partial charge in [-0.05, 0) is 50.9 Å². The van der Waals surface area contributed by atoms with Gasteiger partial charge < -0.3 is 10.2 Å². The third kappa shape index (κ3) is 5.24. The number of nitrogens with one attached hydrogen (secondary N) is 1. The monoisotopic (exact) mass is 336 g/mol. The fourth-order valence-electron chi connectivity index (χ4n) is 2.46. The fourth-order valence-corrected chi connectivity index (χ4v) is 3.57. The minimum absolute atomic E-state index is 0. The molecule has 2 rings (SSSR count). The summed E-state index contributed by atoms with van der Waals surface area (Å²) in [6.45, 7) is 5.59. The van der Waals surface area contributed by atoms with Gasteiger partial charge in [0.15, 0.2) is 0 Å². The summed E-state index contributed by atoms with van der Waals surface area (Å²) < 4.78 is 0.789. The van der Waals surface area contributed by atoms with Crippen molar-refractivity contribution >= 4 is 41.3 Å². The maximum Gasteiger partial charge on any atom is 0.223 e. The summed E-state index contributed by atoms with van der Waals surface area (Å²) in [5.74, 6) is 0.827. The van der Waals surface area contributed by atoms with Crippen LogP contribution in [0.1, 0.15) is 31.1 Å². The van der Waals surface area contributed by atoms with E-state index < -0.39 is 0 Å². The lowest BCUT2D eigenvalue weighted by Gasteiger charge is -2.26. The van der Waals surface area contributed by atoms with E-state index in [2.05, 4.69) is 5.32 Å². The zero-order valence-electron chi connectivity index (χ0n) is 11.7. The average molecular weight is 337 g/mol. The Kier molecular flexibility index (Phi) is 7.88. The third-order valence-corrected chi connectivity index (χ3v) is 4.85. The molecule has 3 nitrogen and oxygen atoms in total. The zero-order chi connectivity index (χ0) is 13.7. The normalized spacial score (nSPS) is 15.7. The molecule has 0 bridgehead atoms. The van der Waals surface area contributed by atoms with E-state index in [1.807, 2.05) is 24.0 Å². The van der Waals surface area contributed by atoms with Crippen molar-refractivity contribution in [3.8, 4) is 0 Å². The first-order valence-electron chi connectivity index (χ1n) is 6.91. The zero-order valence-corrected chi connectivity index (χ0v) is 14.1. The van der Waals surface area contributed by atoms with E-state index in [4.69, 9.17) is 11.6 Å². The van der Waals surface area contributed by atoms with Gasteiger partial charge in [-0.15, -0.1) is 23.7 Å². The minimum atomic E-state index is 0. The number of carbonyl (C=O) groups is 1. The van der Waals surface area contributed by atoms with Gasteiger partial charge in [-0.25, -0.2) is 0 Å². The van der Waals surface area contributed by atoms with Crippen molar-refractivity contribution in [3.63, 3.8) is 0 Å². The van der Waals surface area contributed by atoms with E-state index in [0.29, 0.717) is 18.9 Å². The third-order valence-electron chi connectivity index (χ3n) is 3.63. The maximum atomic E-state index is 12.3. The van der Waals surface area contributed by atoms with E-state index in [0.717, 1.165) is 41.7 Å². The van der Waals surface area contributed by atoms with Crippen molar-refractivity contribution in [2.75, 3.05) is 19.6 Å². The summed E-state index contributed by atoms with van der Waals surface area (Å²) in [5, 5.41) is 3.34. The Morgan fingerprint density at radius 3 is 2.70 bits per heavy atom. The van der Waals surface area contributed by atoms with Crippen molar-refractivity contribution in [1.29, 1.82) is 0 Å². The molecule has 1 aliphatic rings. The van der Waals surface area contributed by atoms with E-state index >= 15 is 0 Å². The predicted octanol–water partition coefficient (Wildman–Crippen LogP) is 3.56. The van der Waals surface area contributed by atoms with Crippen molar-refractivity contribution < 1.29 is 4.79 Å². The Labute approximate surface area is 136 Å². The summed E-state index contributed by atoms with van der Waals surface area (Å²) in [4.78, 5) is 15.4. The number of thiophene rings is 1. The molecule has 0 atom stereocenters. The highest BCUT2D eigenvalue weighted by atomic mass is 35.5. The van der Waals surface area contributed by atoms with Crippen LogP contribution < -0.4 is 5.32 Å². The molecule has 0 saturated carbocycles. The summed E-state index contributed by atoms with van der Waals surface area (Å²) in [7, 11) is 0. The standard InChI is InChI=1S/C14H21ClN2OS.ClH/c1-2-17(10-12-3-4-13(15)19-12)14(18)9-11-5-7-16-8-6-11;/h3-4,11,16H,2,5-10H2,1H3;1H. The quantitative estimate of drug-likeness (QED) is 0.891. The van der Waals surface area contributed by atoms with Crippen LogP contribution >= 0.6 is 35.3 Å². The minimum Gasteiger partial charge on any atom is -0.338 e. The molecular formula is C14H22Cl2N2OS. The van der Waals surface area contributed by atoms with E-state index in [1.54, 1.807) is 11.3 Å². The Bertz CT molecular complexity index is 419. The molecule has 1 aliphatic heterocycles. The van der Waals surface area contributed by atoms with Gasteiger partial charge in [0.05, 0.1) is 10.9 Å². The second kappa shape index (κ2) is 8.88. The molecule has 6 heteroatoms. The molecule has 2 heterocycles. The molecule has 0 radical (unpaired) electrons. The lowest BCUT2D eigenvalue weighted by atomic mass is 9.94. The van der Waals surface area contributed by atoms with Crippen LogP contribution in [0, 0.1) is 5.92 Å². The number of amides is 1. The number of rotatable bonds is 5. The molecule has 1 saturated heterocycles. The van der Waals surface area contributed by atoms with Crippen LogP contribution in [0.5, 0.6) is 0 Å². The SMILES string of the molecule is CCN(Cc1ccc(Cl)s1)C(=O)CC1CCNCC1.Cl. The molecule has 1 fully saturated rings. The maximum absolute atomic E-state index is 12.3. The van der Waals surface area contributed by atoms with E-state index in [9.17, 15) is 4.79 Å². The lowest BCUT2D eigenvalue weighted by Crippen LogP contribution is -2.34. The second-order valence-corrected chi connectivity index (χ2v) is 6.81. The van der Waals surface area contributed by atoms with Crippen LogP contribution in [0.25, 0.3) is 0 Å². The Hall–Kier alpha value is -0.290. The molecule has 0 unspecified atom stereocenters. The Balaban J connectivity index is 0.00000200. The summed E-state index contributed by atoms with van der Waals surface area (Å²) in [6, 6.07) is 3.90. The average Bonchev–Trinajstić information content (AvgIpc) is 2.82. The Morgan fingerprint density at radius 1 is 1.45 bits per heavy atom. The second-order valence-electron chi connectivity index (χ2n) is 5.01.